The highest BCUT2D eigenvalue weighted by atomic mass is 35.5. The minimum atomic E-state index is 0.109. The van der Waals surface area contributed by atoms with E-state index in [0.29, 0.717) is 13.1 Å². The normalized spacial score (nSPS) is 17.4. The molecule has 3 heterocycles. The fourth-order valence-electron chi connectivity index (χ4n) is 4.52. The summed E-state index contributed by atoms with van der Waals surface area (Å²) in [6.45, 7) is 7.33. The zero-order chi connectivity index (χ0) is 21.4. The van der Waals surface area contributed by atoms with Crippen LogP contribution < -0.4 is 9.80 Å². The van der Waals surface area contributed by atoms with E-state index in [4.69, 9.17) is 16.6 Å². The van der Waals surface area contributed by atoms with Crippen molar-refractivity contribution in [3.05, 3.63) is 52.5 Å². The standard InChI is InChI=1S/C24H27ClN4OS/c1-17-5-7-19(25)16-21(17)27-11-13-28(14-12-27)23(30)18-6-8-20-22(15-18)31-24(26-20)29-9-3-2-4-10-29/h5-8,15-16H,2-4,9-14H2,1H3. The second-order valence-corrected chi connectivity index (χ2v) is 9.88. The average molecular weight is 455 g/mol. The first-order valence-corrected chi connectivity index (χ1v) is 12.2. The third kappa shape index (κ3) is 4.23. The molecule has 0 radical (unpaired) electrons. The van der Waals surface area contributed by atoms with Gasteiger partial charge < -0.3 is 14.7 Å². The molecule has 0 atom stereocenters. The molecule has 0 N–H and O–H groups in total. The van der Waals surface area contributed by atoms with Crippen LogP contribution in [-0.4, -0.2) is 55.1 Å². The topological polar surface area (TPSA) is 39.7 Å². The number of halogens is 1. The van der Waals surface area contributed by atoms with Crippen LogP contribution in [0.4, 0.5) is 10.8 Å². The minimum Gasteiger partial charge on any atom is -0.368 e. The molecule has 0 aliphatic carbocycles. The first-order valence-electron chi connectivity index (χ1n) is 11.0. The van der Waals surface area contributed by atoms with Crippen LogP contribution in [0.15, 0.2) is 36.4 Å². The number of amides is 1. The molecule has 1 amide bonds. The van der Waals surface area contributed by atoms with Crippen LogP contribution in [0.5, 0.6) is 0 Å². The average Bonchev–Trinajstić information content (AvgIpc) is 3.24. The summed E-state index contributed by atoms with van der Waals surface area (Å²) in [7, 11) is 0. The molecule has 7 heteroatoms. The van der Waals surface area contributed by atoms with Crippen LogP contribution in [0.3, 0.4) is 0 Å². The molecule has 5 rings (SSSR count). The van der Waals surface area contributed by atoms with Crippen molar-refractivity contribution in [1.29, 1.82) is 0 Å². The fraction of sp³-hybridized carbons (Fsp3) is 0.417. The van der Waals surface area contributed by atoms with Crippen LogP contribution in [0, 0.1) is 6.92 Å². The summed E-state index contributed by atoms with van der Waals surface area (Å²) >= 11 is 7.90. The third-order valence-electron chi connectivity index (χ3n) is 6.33. The maximum atomic E-state index is 13.2. The van der Waals surface area contributed by atoms with E-state index in [-0.39, 0.29) is 5.91 Å². The van der Waals surface area contributed by atoms with Gasteiger partial charge in [0, 0.05) is 55.5 Å². The molecule has 0 bridgehead atoms. The number of nitrogens with zero attached hydrogens (tertiary/aromatic N) is 4. The largest absolute Gasteiger partial charge is 0.368 e. The Bertz CT molecular complexity index is 1100. The summed E-state index contributed by atoms with van der Waals surface area (Å²) in [5.74, 6) is 0.109. The number of carbonyl (C=O) groups is 1. The second kappa shape index (κ2) is 8.67. The van der Waals surface area contributed by atoms with E-state index in [1.807, 2.05) is 35.2 Å². The number of aryl methyl sites for hydroxylation is 1. The molecule has 31 heavy (non-hydrogen) atoms. The molecule has 2 aliphatic rings. The third-order valence-corrected chi connectivity index (χ3v) is 7.64. The number of piperazine rings is 1. The van der Waals surface area contributed by atoms with Gasteiger partial charge in [-0.1, -0.05) is 29.0 Å². The summed E-state index contributed by atoms with van der Waals surface area (Å²) in [5.41, 5.74) is 4.12. The van der Waals surface area contributed by atoms with Gasteiger partial charge in [-0.15, -0.1) is 0 Å². The predicted octanol–water partition coefficient (Wildman–Crippen LogP) is 5.21. The van der Waals surface area contributed by atoms with E-state index < -0.39 is 0 Å². The van der Waals surface area contributed by atoms with E-state index in [0.717, 1.165) is 57.8 Å². The van der Waals surface area contributed by atoms with Crippen molar-refractivity contribution in [3.63, 3.8) is 0 Å². The number of rotatable bonds is 3. The van der Waals surface area contributed by atoms with E-state index in [1.165, 1.54) is 24.8 Å². The van der Waals surface area contributed by atoms with E-state index in [9.17, 15) is 4.79 Å². The minimum absolute atomic E-state index is 0.109. The molecule has 0 unspecified atom stereocenters. The summed E-state index contributed by atoms with van der Waals surface area (Å²) in [6, 6.07) is 11.9. The van der Waals surface area contributed by atoms with Gasteiger partial charge in [-0.2, -0.15) is 0 Å². The zero-order valence-electron chi connectivity index (χ0n) is 17.8. The first-order chi connectivity index (χ1) is 15.1. The lowest BCUT2D eigenvalue weighted by molar-refractivity contribution is 0.0747. The first kappa shape index (κ1) is 20.6. The quantitative estimate of drug-likeness (QED) is 0.544. The van der Waals surface area contributed by atoms with Crippen LogP contribution in [0.2, 0.25) is 5.02 Å². The van der Waals surface area contributed by atoms with Crippen LogP contribution in [0.1, 0.15) is 35.2 Å². The highest BCUT2D eigenvalue weighted by molar-refractivity contribution is 7.22. The van der Waals surface area contributed by atoms with Crippen LogP contribution in [-0.2, 0) is 0 Å². The number of hydrogen-bond donors (Lipinski definition) is 0. The van der Waals surface area contributed by atoms with Gasteiger partial charge >= 0.3 is 0 Å². The van der Waals surface area contributed by atoms with Gasteiger partial charge in [0.05, 0.1) is 10.2 Å². The summed E-state index contributed by atoms with van der Waals surface area (Å²) in [6.07, 6.45) is 3.78. The lowest BCUT2D eigenvalue weighted by Gasteiger charge is -2.37. The van der Waals surface area contributed by atoms with Gasteiger partial charge in [0.25, 0.3) is 5.91 Å². The lowest BCUT2D eigenvalue weighted by atomic mass is 10.1. The monoisotopic (exact) mass is 454 g/mol. The number of fused-ring (bicyclic) bond motifs is 1. The molecular weight excluding hydrogens is 428 g/mol. The molecule has 0 saturated carbocycles. The smallest absolute Gasteiger partial charge is 0.254 e. The van der Waals surface area contributed by atoms with Crippen molar-refractivity contribution >= 4 is 49.9 Å². The van der Waals surface area contributed by atoms with Crippen molar-refractivity contribution < 1.29 is 4.79 Å². The Morgan fingerprint density at radius 3 is 2.48 bits per heavy atom. The van der Waals surface area contributed by atoms with Crippen molar-refractivity contribution in [2.75, 3.05) is 49.1 Å². The summed E-state index contributed by atoms with van der Waals surface area (Å²) in [4.78, 5) is 24.7. The Balaban J connectivity index is 1.28. The molecule has 2 saturated heterocycles. The van der Waals surface area contributed by atoms with Crippen LogP contribution in [0.25, 0.3) is 10.2 Å². The maximum Gasteiger partial charge on any atom is 0.254 e. The second-order valence-electron chi connectivity index (χ2n) is 8.44. The fourth-order valence-corrected chi connectivity index (χ4v) is 5.75. The van der Waals surface area contributed by atoms with Gasteiger partial charge in [0.2, 0.25) is 0 Å². The van der Waals surface area contributed by atoms with E-state index in [1.54, 1.807) is 11.3 Å². The zero-order valence-corrected chi connectivity index (χ0v) is 19.4. The highest BCUT2D eigenvalue weighted by Crippen LogP contribution is 2.32. The van der Waals surface area contributed by atoms with Gasteiger partial charge in [0.1, 0.15) is 0 Å². The Morgan fingerprint density at radius 1 is 0.935 bits per heavy atom. The number of thiazole rings is 1. The Morgan fingerprint density at radius 2 is 1.71 bits per heavy atom. The van der Waals surface area contributed by atoms with Gasteiger partial charge in [-0.05, 0) is 62.1 Å². The Hall–Kier alpha value is -2.31. The number of aromatic nitrogens is 1. The number of hydrogen-bond acceptors (Lipinski definition) is 5. The summed E-state index contributed by atoms with van der Waals surface area (Å²) in [5, 5.41) is 1.84. The van der Waals surface area contributed by atoms with Crippen molar-refractivity contribution in [1.82, 2.24) is 9.88 Å². The van der Waals surface area contributed by atoms with E-state index in [2.05, 4.69) is 22.8 Å². The van der Waals surface area contributed by atoms with Crippen molar-refractivity contribution in [2.24, 2.45) is 0 Å². The highest BCUT2D eigenvalue weighted by Gasteiger charge is 2.24. The molecule has 3 aromatic rings. The van der Waals surface area contributed by atoms with Gasteiger partial charge in [-0.25, -0.2) is 4.98 Å². The van der Waals surface area contributed by atoms with Gasteiger partial charge in [-0.3, -0.25) is 4.79 Å². The summed E-state index contributed by atoms with van der Waals surface area (Å²) < 4.78 is 1.10. The maximum absolute atomic E-state index is 13.2. The number of benzene rings is 2. The van der Waals surface area contributed by atoms with Crippen molar-refractivity contribution in [2.45, 2.75) is 26.2 Å². The SMILES string of the molecule is Cc1ccc(Cl)cc1N1CCN(C(=O)c2ccc3nc(N4CCCCC4)sc3c2)CC1. The molecule has 162 valence electrons. The molecule has 2 aromatic carbocycles. The molecule has 2 aliphatic heterocycles. The molecule has 2 fully saturated rings. The number of piperidine rings is 1. The number of carbonyl (C=O) groups excluding carboxylic acids is 1. The van der Waals surface area contributed by atoms with E-state index >= 15 is 0 Å². The predicted molar refractivity (Wildman–Crippen MR) is 130 cm³/mol. The van der Waals surface area contributed by atoms with Gasteiger partial charge in [0.15, 0.2) is 5.13 Å². The Labute approximate surface area is 192 Å². The molecule has 5 nitrogen and oxygen atoms in total. The van der Waals surface area contributed by atoms with Crippen molar-refractivity contribution in [3.8, 4) is 0 Å². The number of anilines is 2. The molecule has 0 spiro atoms. The lowest BCUT2D eigenvalue weighted by Crippen LogP contribution is -2.49. The molecular formula is C24H27ClN4OS. The van der Waals surface area contributed by atoms with Crippen LogP contribution >= 0.6 is 22.9 Å². The Kier molecular flexibility index (Phi) is 5.76. The molecule has 1 aromatic heterocycles.